The molecular formula is C12H22NO+. The van der Waals surface area contributed by atoms with Crippen LogP contribution in [0.25, 0.3) is 0 Å². The Balaban J connectivity index is 1.83. The second kappa shape index (κ2) is 3.21. The van der Waals surface area contributed by atoms with Gasteiger partial charge in [-0.05, 0) is 0 Å². The summed E-state index contributed by atoms with van der Waals surface area (Å²) in [5, 5.41) is 0. The molecule has 3 aliphatic heterocycles. The second-order valence-electron chi connectivity index (χ2n) is 5.47. The van der Waals surface area contributed by atoms with Crippen molar-refractivity contribution in [3.8, 4) is 0 Å². The molecule has 3 fully saturated rings. The zero-order valence-electron chi connectivity index (χ0n) is 9.24. The molecule has 3 saturated heterocycles. The zero-order valence-corrected chi connectivity index (χ0v) is 9.24. The van der Waals surface area contributed by atoms with Gasteiger partial charge in [0.25, 0.3) is 0 Å². The van der Waals surface area contributed by atoms with Gasteiger partial charge in [-0.25, -0.2) is 0 Å². The van der Waals surface area contributed by atoms with E-state index < -0.39 is 0 Å². The third kappa shape index (κ3) is 1.10. The number of nitrogens with zero attached hydrogens (tertiary/aromatic N) is 1. The summed E-state index contributed by atoms with van der Waals surface area (Å²) in [6.45, 7) is 2.96. The average Bonchev–Trinajstić information content (AvgIpc) is 2.73. The maximum atomic E-state index is 5.56. The van der Waals surface area contributed by atoms with Crippen LogP contribution in [0, 0.1) is 0 Å². The predicted octanol–water partition coefficient (Wildman–Crippen LogP) is 1.94. The molecule has 2 nitrogen and oxygen atoms in total. The van der Waals surface area contributed by atoms with Gasteiger partial charge in [0.15, 0.2) is 0 Å². The van der Waals surface area contributed by atoms with E-state index in [0.29, 0.717) is 6.10 Å². The predicted molar refractivity (Wildman–Crippen MR) is 56.1 cm³/mol. The van der Waals surface area contributed by atoms with Gasteiger partial charge in [-0.1, -0.05) is 0 Å². The summed E-state index contributed by atoms with van der Waals surface area (Å²) in [5.41, 5.74) is 0. The summed E-state index contributed by atoms with van der Waals surface area (Å²) in [5.74, 6) is 0. The monoisotopic (exact) mass is 196 g/mol. The molecule has 1 spiro atoms. The van der Waals surface area contributed by atoms with E-state index in [-0.39, 0.29) is 0 Å². The van der Waals surface area contributed by atoms with Gasteiger partial charge in [-0.3, -0.25) is 0 Å². The SMILES string of the molecule is COC1CC2CCC(C1)[N+]21CCCC1. The normalized spacial score (nSPS) is 44.8. The molecular weight excluding hydrogens is 174 g/mol. The zero-order chi connectivity index (χ0) is 9.60. The summed E-state index contributed by atoms with van der Waals surface area (Å²) in [7, 11) is 1.89. The number of hydrogen-bond acceptors (Lipinski definition) is 1. The minimum absolute atomic E-state index is 0.580. The number of ether oxygens (including phenoxy) is 1. The van der Waals surface area contributed by atoms with Crippen molar-refractivity contribution in [1.82, 2.24) is 0 Å². The number of hydrogen-bond donors (Lipinski definition) is 0. The van der Waals surface area contributed by atoms with Crippen LogP contribution < -0.4 is 0 Å². The van der Waals surface area contributed by atoms with Crippen molar-refractivity contribution >= 4 is 0 Å². The standard InChI is InChI=1S/C12H22NO/c1-14-12-8-10-4-5-11(9-12)13(10)6-2-3-7-13/h10-12H,2-9H2,1H3/q+1. The third-order valence-corrected chi connectivity index (χ3v) is 5.09. The summed E-state index contributed by atoms with van der Waals surface area (Å²) >= 11 is 0. The van der Waals surface area contributed by atoms with E-state index in [1.165, 1.54) is 56.1 Å². The number of piperidine rings is 1. The second-order valence-corrected chi connectivity index (χ2v) is 5.47. The molecule has 2 atom stereocenters. The molecule has 3 rings (SSSR count). The quantitative estimate of drug-likeness (QED) is 0.582. The van der Waals surface area contributed by atoms with Crippen LogP contribution in [0.15, 0.2) is 0 Å². The highest BCUT2D eigenvalue weighted by Crippen LogP contribution is 2.45. The van der Waals surface area contributed by atoms with Crippen LogP contribution in [0.2, 0.25) is 0 Å². The van der Waals surface area contributed by atoms with Crippen molar-refractivity contribution in [2.24, 2.45) is 0 Å². The first-order valence-corrected chi connectivity index (χ1v) is 6.24. The highest BCUT2D eigenvalue weighted by Gasteiger charge is 2.54. The van der Waals surface area contributed by atoms with Crippen LogP contribution in [-0.2, 0) is 4.74 Å². The summed E-state index contributed by atoms with van der Waals surface area (Å²) in [6.07, 6.45) is 9.17. The van der Waals surface area contributed by atoms with Crippen molar-refractivity contribution in [1.29, 1.82) is 0 Å². The maximum Gasteiger partial charge on any atom is 0.0919 e. The number of quaternary nitrogens is 1. The van der Waals surface area contributed by atoms with Crippen LogP contribution in [0.5, 0.6) is 0 Å². The molecule has 3 heterocycles. The highest BCUT2D eigenvalue weighted by molar-refractivity contribution is 4.88. The van der Waals surface area contributed by atoms with E-state index in [1.807, 2.05) is 7.11 Å². The number of rotatable bonds is 1. The van der Waals surface area contributed by atoms with Gasteiger partial charge in [0.1, 0.15) is 0 Å². The van der Waals surface area contributed by atoms with Gasteiger partial charge in [0.2, 0.25) is 0 Å². The van der Waals surface area contributed by atoms with Gasteiger partial charge in [-0.2, -0.15) is 0 Å². The van der Waals surface area contributed by atoms with Crippen molar-refractivity contribution in [2.75, 3.05) is 20.2 Å². The van der Waals surface area contributed by atoms with Crippen molar-refractivity contribution in [3.63, 3.8) is 0 Å². The van der Waals surface area contributed by atoms with Gasteiger partial charge >= 0.3 is 0 Å². The molecule has 2 heteroatoms. The van der Waals surface area contributed by atoms with Gasteiger partial charge in [0.05, 0.1) is 31.3 Å². The summed E-state index contributed by atoms with van der Waals surface area (Å²) in [4.78, 5) is 0. The van der Waals surface area contributed by atoms with Crippen molar-refractivity contribution < 1.29 is 9.22 Å². The third-order valence-electron chi connectivity index (χ3n) is 5.09. The van der Waals surface area contributed by atoms with Gasteiger partial charge in [-0.15, -0.1) is 0 Å². The summed E-state index contributed by atoms with van der Waals surface area (Å²) < 4.78 is 7.06. The Morgan fingerprint density at radius 3 is 2.07 bits per heavy atom. The molecule has 2 bridgehead atoms. The lowest BCUT2D eigenvalue weighted by Crippen LogP contribution is -2.59. The topological polar surface area (TPSA) is 9.23 Å². The lowest BCUT2D eigenvalue weighted by Gasteiger charge is -2.46. The van der Waals surface area contributed by atoms with E-state index in [2.05, 4.69) is 0 Å². The largest absolute Gasteiger partial charge is 0.381 e. The Bertz CT molecular complexity index is 206. The Labute approximate surface area is 86.8 Å². The molecule has 3 aliphatic rings. The van der Waals surface area contributed by atoms with Crippen LogP contribution in [0.4, 0.5) is 0 Å². The molecule has 0 amide bonds. The minimum Gasteiger partial charge on any atom is -0.381 e. The number of methoxy groups -OCH3 is 1. The fourth-order valence-electron chi connectivity index (χ4n) is 4.40. The van der Waals surface area contributed by atoms with Crippen molar-refractivity contribution in [2.45, 2.75) is 56.7 Å². The smallest absolute Gasteiger partial charge is 0.0919 e. The Hall–Kier alpha value is -0.0800. The molecule has 0 aromatic carbocycles. The first kappa shape index (κ1) is 9.17. The Morgan fingerprint density at radius 2 is 1.57 bits per heavy atom. The first-order valence-electron chi connectivity index (χ1n) is 6.24. The van der Waals surface area contributed by atoms with E-state index in [4.69, 9.17) is 4.74 Å². The van der Waals surface area contributed by atoms with Crippen LogP contribution in [0.3, 0.4) is 0 Å². The first-order chi connectivity index (χ1) is 6.85. The van der Waals surface area contributed by atoms with E-state index in [0.717, 1.165) is 12.1 Å². The molecule has 0 radical (unpaired) electrons. The molecule has 2 unspecified atom stereocenters. The molecule has 80 valence electrons. The van der Waals surface area contributed by atoms with E-state index in [9.17, 15) is 0 Å². The fraction of sp³-hybridized carbons (Fsp3) is 1.00. The molecule has 0 aromatic rings. The molecule has 0 saturated carbocycles. The van der Waals surface area contributed by atoms with Gasteiger partial charge in [0, 0.05) is 45.6 Å². The molecule has 0 N–H and O–H groups in total. The molecule has 14 heavy (non-hydrogen) atoms. The Kier molecular flexibility index (Phi) is 2.10. The lowest BCUT2D eigenvalue weighted by atomic mass is 9.96. The highest BCUT2D eigenvalue weighted by atomic mass is 16.5. The van der Waals surface area contributed by atoms with Crippen LogP contribution in [-0.4, -0.2) is 42.9 Å². The maximum absolute atomic E-state index is 5.56. The van der Waals surface area contributed by atoms with Crippen molar-refractivity contribution in [3.05, 3.63) is 0 Å². The van der Waals surface area contributed by atoms with Crippen LogP contribution in [0.1, 0.15) is 38.5 Å². The molecule has 0 aromatic heterocycles. The van der Waals surface area contributed by atoms with Crippen LogP contribution >= 0.6 is 0 Å². The fourth-order valence-corrected chi connectivity index (χ4v) is 4.40. The Morgan fingerprint density at radius 1 is 1.00 bits per heavy atom. The lowest BCUT2D eigenvalue weighted by molar-refractivity contribution is -0.956. The van der Waals surface area contributed by atoms with E-state index >= 15 is 0 Å². The van der Waals surface area contributed by atoms with Gasteiger partial charge < -0.3 is 9.22 Å². The summed E-state index contributed by atoms with van der Waals surface area (Å²) in [6, 6.07) is 1.92. The average molecular weight is 196 g/mol. The molecule has 0 aliphatic carbocycles. The van der Waals surface area contributed by atoms with E-state index in [1.54, 1.807) is 0 Å². The minimum atomic E-state index is 0.580.